The normalized spacial score (nSPS) is 13.2. The summed E-state index contributed by atoms with van der Waals surface area (Å²) in [6.07, 6.45) is 0.136. The molecule has 0 spiro atoms. The minimum Gasteiger partial charge on any atom is -0.481 e. The van der Waals surface area contributed by atoms with Gasteiger partial charge in [-0.3, -0.25) is 9.59 Å². The van der Waals surface area contributed by atoms with Gasteiger partial charge in [-0.05, 0) is 27.7 Å². The third-order valence-electron chi connectivity index (χ3n) is 12.3. The molecule has 0 bridgehead atoms. The fourth-order valence-corrected chi connectivity index (χ4v) is 6.84. The molecule has 12 atom stereocenters. The summed E-state index contributed by atoms with van der Waals surface area (Å²) in [7, 11) is 0. The molecule has 0 fully saturated rings. The lowest BCUT2D eigenvalue weighted by atomic mass is 10.3. The van der Waals surface area contributed by atoms with Crippen molar-refractivity contribution in [2.45, 2.75) is 115 Å². The number of carbonyl (C=O) groups excluding carboxylic acids is 10. The van der Waals surface area contributed by atoms with Crippen LogP contribution < -0.4 is 0 Å². The van der Waals surface area contributed by atoms with Crippen LogP contribution in [0.3, 0.4) is 0 Å². The van der Waals surface area contributed by atoms with Gasteiger partial charge in [-0.1, -0.05) is 65.8 Å². The number of aliphatic hydroxyl groups excluding tert-OH is 6. The topological polar surface area (TPSA) is 570 Å². The van der Waals surface area contributed by atoms with E-state index in [1.54, 1.807) is 20.8 Å². The van der Waals surface area contributed by atoms with Gasteiger partial charge in [-0.15, -0.1) is 0 Å². The van der Waals surface area contributed by atoms with Crippen molar-refractivity contribution in [1.29, 1.82) is 0 Å². The Morgan fingerprint density at radius 1 is 0.250 bits per heavy atom. The summed E-state index contributed by atoms with van der Waals surface area (Å²) in [5.74, 6) is -8.49. The highest BCUT2D eigenvalue weighted by molar-refractivity contribution is 5.84. The Kier molecular flexibility index (Phi) is 86.5. The molecule has 120 heavy (non-hydrogen) atoms. The molecule has 0 rings (SSSR count). The van der Waals surface area contributed by atoms with Gasteiger partial charge < -0.3 is 145 Å². The largest absolute Gasteiger partial charge is 0.481 e. The van der Waals surface area contributed by atoms with Crippen molar-refractivity contribution in [1.82, 2.24) is 0 Å². The van der Waals surface area contributed by atoms with E-state index >= 15 is 0 Å². The fraction of sp³-hybridized carbons (Fsp3) is 0.590. The molecule has 0 saturated heterocycles. The Balaban J connectivity index is -0.000000353. The van der Waals surface area contributed by atoms with E-state index in [4.69, 9.17) is 140 Å². The van der Waals surface area contributed by atoms with Crippen molar-refractivity contribution >= 4 is 71.6 Å². The molecule has 0 aliphatic rings. The molecule has 0 heterocycles. The number of rotatable bonds is 68. The number of carbonyl (C=O) groups is 12. The van der Waals surface area contributed by atoms with Crippen LogP contribution in [0.15, 0.2) is 127 Å². The fourth-order valence-electron chi connectivity index (χ4n) is 6.84. The number of carboxylic acids is 2. The molecule has 12 unspecified atom stereocenters. The molecule has 42 heteroatoms. The zero-order valence-electron chi connectivity index (χ0n) is 69.0. The van der Waals surface area contributed by atoms with Crippen LogP contribution in [0.5, 0.6) is 0 Å². The van der Waals surface area contributed by atoms with Crippen LogP contribution in [0.1, 0.15) is 41.5 Å². The molecular weight excluding hydrogens is 1610 g/mol. The highest BCUT2D eigenvalue weighted by Gasteiger charge is 2.25. The number of esters is 10. The molecular formula is C78H124O42. The van der Waals surface area contributed by atoms with Gasteiger partial charge in [0.05, 0.1) is 119 Å². The van der Waals surface area contributed by atoms with Gasteiger partial charge in [0.1, 0.15) is 88.5 Å². The first kappa shape index (κ1) is 121. The number of carboxylic acid groups (broad SMARTS) is 2. The maximum Gasteiger partial charge on any atom is 0.330 e. The van der Waals surface area contributed by atoms with E-state index in [0.29, 0.717) is 33.0 Å². The average Bonchev–Trinajstić information content (AvgIpc) is 1.00. The Morgan fingerprint density at radius 2 is 0.442 bits per heavy atom. The lowest BCUT2D eigenvalue weighted by Crippen LogP contribution is -2.35. The van der Waals surface area contributed by atoms with Gasteiger partial charge in [0.15, 0.2) is 24.4 Å². The predicted molar refractivity (Wildman–Crippen MR) is 420 cm³/mol. The van der Waals surface area contributed by atoms with Crippen molar-refractivity contribution in [3.63, 3.8) is 0 Å². The summed E-state index contributed by atoms with van der Waals surface area (Å²) in [5.41, 5.74) is 0. The SMILES string of the molecule is C=CC(=O)O.C=CC(=O)OCC(COCC(COCC)OCC(COC(=O)C=C)OC(=O)C=C)OC(C)=O.C=CC(=O)OCC(O)COCC(COCC)OCC(COC(=O)C=C)OC(=O)C=C.C=CC(=O)OCC(O)COCC(COCC)OCC(COC(=O)C=C)OC(=O)C=C.CC(=O)O.CCOCC(COCC(O)CO)OCC(O)CO. The Hall–Kier alpha value is -9.68. The monoisotopic (exact) mass is 1730 g/mol. The van der Waals surface area contributed by atoms with Crippen LogP contribution >= 0.6 is 0 Å². The second-order valence-corrected chi connectivity index (χ2v) is 22.7. The lowest BCUT2D eigenvalue weighted by molar-refractivity contribution is -0.164. The van der Waals surface area contributed by atoms with Crippen molar-refractivity contribution in [3.8, 4) is 0 Å². The van der Waals surface area contributed by atoms with Crippen LogP contribution in [0.4, 0.5) is 0 Å². The third-order valence-corrected chi connectivity index (χ3v) is 12.3. The van der Waals surface area contributed by atoms with Crippen LogP contribution in [0, 0.1) is 0 Å². The summed E-state index contributed by atoms with van der Waals surface area (Å²) >= 11 is 0. The maximum absolute atomic E-state index is 11.5. The first-order chi connectivity index (χ1) is 57.1. The van der Waals surface area contributed by atoms with E-state index in [1.165, 1.54) is 6.92 Å². The first-order valence-corrected chi connectivity index (χ1v) is 36.6. The van der Waals surface area contributed by atoms with Crippen molar-refractivity contribution in [3.05, 3.63) is 127 Å². The molecule has 0 aliphatic carbocycles. The van der Waals surface area contributed by atoms with Crippen LogP contribution in [-0.2, 0) is 162 Å². The van der Waals surface area contributed by atoms with Crippen molar-refractivity contribution in [2.75, 3.05) is 185 Å². The number of aliphatic carboxylic acids is 2. The minimum atomic E-state index is -1.03. The summed E-state index contributed by atoms with van der Waals surface area (Å²) in [5, 5.41) is 70.0. The molecule has 42 nitrogen and oxygen atoms in total. The molecule has 0 aliphatic heterocycles. The van der Waals surface area contributed by atoms with Crippen LogP contribution in [0.25, 0.3) is 0 Å². The number of ether oxygens (including phenoxy) is 22. The Morgan fingerprint density at radius 3 is 0.658 bits per heavy atom. The Bertz CT molecular complexity index is 2780. The van der Waals surface area contributed by atoms with E-state index in [0.717, 1.165) is 67.7 Å². The summed E-state index contributed by atoms with van der Waals surface area (Å²) in [4.78, 5) is 131. The molecule has 8 N–H and O–H groups in total. The molecule has 0 radical (unpaired) electrons. The van der Waals surface area contributed by atoms with E-state index in [9.17, 15) is 63.0 Å². The quantitative estimate of drug-likeness (QED) is 0.0227. The zero-order chi connectivity index (χ0) is 92.3. The molecule has 0 amide bonds. The smallest absolute Gasteiger partial charge is 0.330 e. The van der Waals surface area contributed by atoms with Gasteiger partial charge in [-0.25, -0.2) is 47.9 Å². The van der Waals surface area contributed by atoms with E-state index in [1.807, 2.05) is 6.92 Å². The summed E-state index contributed by atoms with van der Waals surface area (Å²) in [6.45, 7) is 42.2. The predicted octanol–water partition coefficient (Wildman–Crippen LogP) is 0.0752. The summed E-state index contributed by atoms with van der Waals surface area (Å²) < 4.78 is 114. The van der Waals surface area contributed by atoms with E-state index < -0.39 is 145 Å². The van der Waals surface area contributed by atoms with Crippen molar-refractivity contribution < 1.29 is 203 Å². The van der Waals surface area contributed by atoms with Gasteiger partial charge >= 0.3 is 65.7 Å². The standard InChI is InChI=1S/C22H32O11.2C20H30O10.C11H24O7.C3H4O2.C2H4O2/c1-6-20(24)30-14-18(32-16(5)23)12-28-11-17(10-27-9-4)29-13-19(33-22(26)8-3)15-31-21(25)7-2;2*1-5-18(22)28-10-15(21)9-26-12-16(11-25-8-4)27-13-17(30-20(24)7-3)14-29-19(23)6-2;1-2-16-7-11(18-6-10(15)4-13)8-17-5-9(14)3-12;1-2-3(4)5;1-2(3)4/h6-8,17-19H,1-3,9-15H2,4-5H3;2*5-7,15-17,21H,1-3,8-14H2,4H3;9-15H,2-8H2,1H3;2H,1H2,(H,4,5);1H3,(H,3,4). The first-order valence-electron chi connectivity index (χ1n) is 36.6. The van der Waals surface area contributed by atoms with E-state index in [-0.39, 0.29) is 152 Å². The van der Waals surface area contributed by atoms with Crippen LogP contribution in [-0.4, -0.2) is 371 Å². The van der Waals surface area contributed by atoms with Gasteiger partial charge in [-0.2, -0.15) is 0 Å². The number of hydrogen-bond donors (Lipinski definition) is 8. The maximum atomic E-state index is 11.5. The Labute approximate surface area is 698 Å². The van der Waals surface area contributed by atoms with Crippen LogP contribution in [0.2, 0.25) is 0 Å². The zero-order valence-corrected chi connectivity index (χ0v) is 69.0. The van der Waals surface area contributed by atoms with Crippen molar-refractivity contribution in [2.24, 2.45) is 0 Å². The molecule has 0 aromatic heterocycles. The second-order valence-electron chi connectivity index (χ2n) is 22.7. The highest BCUT2D eigenvalue weighted by Crippen LogP contribution is 2.09. The highest BCUT2D eigenvalue weighted by atomic mass is 16.7. The number of hydrogen-bond acceptors (Lipinski definition) is 40. The van der Waals surface area contributed by atoms with Gasteiger partial charge in [0.25, 0.3) is 5.97 Å². The lowest BCUT2D eigenvalue weighted by Gasteiger charge is -2.23. The summed E-state index contributed by atoms with van der Waals surface area (Å²) in [6, 6.07) is 0. The molecule has 0 saturated carbocycles. The average molecular weight is 1730 g/mol. The van der Waals surface area contributed by atoms with Gasteiger partial charge in [0, 0.05) is 101 Å². The molecule has 0 aromatic carbocycles. The van der Waals surface area contributed by atoms with E-state index in [2.05, 4.69) is 65.8 Å². The number of aliphatic hydroxyl groups is 6. The third kappa shape index (κ3) is 86.2. The second kappa shape index (κ2) is 85.7. The molecule has 688 valence electrons. The van der Waals surface area contributed by atoms with Gasteiger partial charge in [0.2, 0.25) is 0 Å². The molecule has 0 aromatic rings. The minimum absolute atomic E-state index is 0.00500.